The summed E-state index contributed by atoms with van der Waals surface area (Å²) in [5.41, 5.74) is 6.13. The summed E-state index contributed by atoms with van der Waals surface area (Å²) in [5, 5.41) is 0. The summed E-state index contributed by atoms with van der Waals surface area (Å²) in [7, 11) is -3.70. The van der Waals surface area contributed by atoms with E-state index in [0.717, 1.165) is 0 Å². The van der Waals surface area contributed by atoms with Gasteiger partial charge in [-0.05, 0) is 25.1 Å². The van der Waals surface area contributed by atoms with Gasteiger partial charge in [0.15, 0.2) is 0 Å². The predicted octanol–water partition coefficient (Wildman–Crippen LogP) is 0.241. The lowest BCUT2D eigenvalue weighted by molar-refractivity contribution is 0.580. The van der Waals surface area contributed by atoms with Crippen molar-refractivity contribution >= 4 is 15.8 Å². The first-order chi connectivity index (χ1) is 8.99. The largest absolute Gasteiger partial charge is 0.383 e. The van der Waals surface area contributed by atoms with Gasteiger partial charge in [0, 0.05) is 12.4 Å². The minimum atomic E-state index is -3.70. The molecule has 0 bridgehead atoms. The molecule has 0 saturated heterocycles. The molecule has 19 heavy (non-hydrogen) atoms. The van der Waals surface area contributed by atoms with Crippen molar-refractivity contribution in [2.45, 2.75) is 18.4 Å². The molecule has 3 N–H and O–H groups in total. The van der Waals surface area contributed by atoms with Crippen LogP contribution in [0.3, 0.4) is 0 Å². The monoisotopic (exact) mass is 279 g/mol. The molecule has 2 aromatic rings. The highest BCUT2D eigenvalue weighted by atomic mass is 32.2. The van der Waals surface area contributed by atoms with E-state index in [-0.39, 0.29) is 17.3 Å². The summed E-state index contributed by atoms with van der Waals surface area (Å²) in [6, 6.07) is 4.55. The van der Waals surface area contributed by atoms with Crippen molar-refractivity contribution in [2.75, 3.05) is 5.73 Å². The minimum absolute atomic E-state index is 0.0335. The third kappa shape index (κ3) is 3.24. The molecule has 0 aliphatic heterocycles. The Kier molecular flexibility index (Phi) is 3.72. The van der Waals surface area contributed by atoms with Gasteiger partial charge >= 0.3 is 0 Å². The molecule has 2 heterocycles. The molecule has 2 aromatic heterocycles. The van der Waals surface area contributed by atoms with Gasteiger partial charge in [0.1, 0.15) is 16.5 Å². The van der Waals surface area contributed by atoms with Gasteiger partial charge < -0.3 is 5.73 Å². The second-order valence-electron chi connectivity index (χ2n) is 3.81. The van der Waals surface area contributed by atoms with Crippen molar-refractivity contribution in [1.29, 1.82) is 0 Å². The molecule has 0 aliphatic rings. The molecule has 0 amide bonds. The fraction of sp³-hybridized carbons (Fsp3) is 0.182. The van der Waals surface area contributed by atoms with E-state index < -0.39 is 10.0 Å². The van der Waals surface area contributed by atoms with Crippen molar-refractivity contribution in [3.63, 3.8) is 0 Å². The summed E-state index contributed by atoms with van der Waals surface area (Å²) in [4.78, 5) is 11.8. The number of aromatic nitrogens is 3. The highest BCUT2D eigenvalue weighted by Crippen LogP contribution is 2.14. The van der Waals surface area contributed by atoms with Gasteiger partial charge in [-0.3, -0.25) is 0 Å². The van der Waals surface area contributed by atoms with Gasteiger partial charge in [0.05, 0.1) is 12.2 Å². The average Bonchev–Trinajstić information content (AvgIpc) is 2.37. The molecule has 100 valence electrons. The number of nitrogens with two attached hydrogens (primary N) is 1. The lowest BCUT2D eigenvalue weighted by Crippen LogP contribution is -2.25. The smallest absolute Gasteiger partial charge is 0.244 e. The molecule has 0 radical (unpaired) electrons. The van der Waals surface area contributed by atoms with E-state index >= 15 is 0 Å². The van der Waals surface area contributed by atoms with E-state index in [4.69, 9.17) is 5.73 Å². The average molecular weight is 279 g/mol. The van der Waals surface area contributed by atoms with Gasteiger partial charge in [-0.15, -0.1) is 0 Å². The van der Waals surface area contributed by atoms with Gasteiger partial charge in [-0.1, -0.05) is 0 Å². The summed E-state index contributed by atoms with van der Waals surface area (Å²) in [6.07, 6.45) is 3.01. The highest BCUT2D eigenvalue weighted by Gasteiger charge is 2.17. The Morgan fingerprint density at radius 3 is 2.74 bits per heavy atom. The van der Waals surface area contributed by atoms with Crippen LogP contribution in [0.2, 0.25) is 0 Å². The SMILES string of the molecule is Cc1nccc(CNS(=O)(=O)c2cccnc2N)n1. The first-order valence-electron chi connectivity index (χ1n) is 5.48. The van der Waals surface area contributed by atoms with Crippen molar-refractivity contribution in [2.24, 2.45) is 0 Å². The van der Waals surface area contributed by atoms with Crippen LogP contribution in [-0.4, -0.2) is 23.4 Å². The number of hydrogen-bond acceptors (Lipinski definition) is 6. The Morgan fingerprint density at radius 1 is 1.26 bits per heavy atom. The number of nitrogens with one attached hydrogen (secondary N) is 1. The number of hydrogen-bond donors (Lipinski definition) is 2. The number of sulfonamides is 1. The number of rotatable bonds is 4. The molecule has 0 spiro atoms. The summed E-state index contributed by atoms with van der Waals surface area (Å²) in [6.45, 7) is 1.80. The molecule has 0 saturated carbocycles. The van der Waals surface area contributed by atoms with Crippen LogP contribution >= 0.6 is 0 Å². The normalized spacial score (nSPS) is 11.4. The first kappa shape index (κ1) is 13.4. The fourth-order valence-corrected chi connectivity index (χ4v) is 2.56. The molecule has 8 heteroatoms. The van der Waals surface area contributed by atoms with Crippen molar-refractivity contribution < 1.29 is 8.42 Å². The Bertz CT molecular complexity index is 687. The van der Waals surface area contributed by atoms with E-state index in [9.17, 15) is 8.42 Å². The summed E-state index contributed by atoms with van der Waals surface area (Å²) in [5.74, 6) is 0.548. The van der Waals surface area contributed by atoms with Crippen LogP contribution in [0.1, 0.15) is 11.5 Å². The zero-order valence-electron chi connectivity index (χ0n) is 10.2. The standard InChI is InChI=1S/C11H13N5O2S/c1-8-13-6-4-9(16-8)7-15-19(17,18)10-3-2-5-14-11(10)12/h2-6,15H,7H2,1H3,(H2,12,14). The fourth-order valence-electron chi connectivity index (χ4n) is 1.48. The van der Waals surface area contributed by atoms with Crippen LogP contribution in [-0.2, 0) is 16.6 Å². The molecule has 0 aromatic carbocycles. The van der Waals surface area contributed by atoms with E-state index in [1.54, 1.807) is 19.2 Å². The topological polar surface area (TPSA) is 111 Å². The first-order valence-corrected chi connectivity index (χ1v) is 6.96. The van der Waals surface area contributed by atoms with E-state index in [1.807, 2.05) is 0 Å². The zero-order chi connectivity index (χ0) is 13.9. The maximum Gasteiger partial charge on any atom is 0.244 e. The van der Waals surface area contributed by atoms with Crippen molar-refractivity contribution in [3.05, 3.63) is 42.1 Å². The van der Waals surface area contributed by atoms with Crippen molar-refractivity contribution in [1.82, 2.24) is 19.7 Å². The van der Waals surface area contributed by atoms with Crippen LogP contribution in [0.15, 0.2) is 35.5 Å². The second-order valence-corrected chi connectivity index (χ2v) is 5.54. The molecule has 0 aliphatic carbocycles. The van der Waals surface area contributed by atoms with E-state index in [1.165, 1.54) is 18.3 Å². The van der Waals surface area contributed by atoms with Gasteiger partial charge in [0.25, 0.3) is 0 Å². The zero-order valence-corrected chi connectivity index (χ0v) is 11.1. The van der Waals surface area contributed by atoms with Crippen LogP contribution in [0.5, 0.6) is 0 Å². The Labute approximate surface area is 111 Å². The quantitative estimate of drug-likeness (QED) is 0.829. The molecule has 0 fully saturated rings. The molecule has 0 unspecified atom stereocenters. The third-order valence-electron chi connectivity index (χ3n) is 2.37. The number of pyridine rings is 1. The second kappa shape index (κ2) is 5.29. The Balaban J connectivity index is 2.17. The maximum atomic E-state index is 12.0. The highest BCUT2D eigenvalue weighted by molar-refractivity contribution is 7.89. The minimum Gasteiger partial charge on any atom is -0.383 e. The van der Waals surface area contributed by atoms with Crippen molar-refractivity contribution in [3.8, 4) is 0 Å². The summed E-state index contributed by atoms with van der Waals surface area (Å²) >= 11 is 0. The number of nitrogens with zero attached hydrogens (tertiary/aromatic N) is 3. The van der Waals surface area contributed by atoms with E-state index in [0.29, 0.717) is 11.5 Å². The van der Waals surface area contributed by atoms with Crippen LogP contribution < -0.4 is 10.5 Å². The number of aryl methyl sites for hydroxylation is 1. The third-order valence-corrected chi connectivity index (χ3v) is 3.81. The lowest BCUT2D eigenvalue weighted by atomic mass is 10.4. The maximum absolute atomic E-state index is 12.0. The molecule has 0 atom stereocenters. The summed E-state index contributed by atoms with van der Waals surface area (Å²) < 4.78 is 26.5. The van der Waals surface area contributed by atoms with Crippen LogP contribution in [0.25, 0.3) is 0 Å². The lowest BCUT2D eigenvalue weighted by Gasteiger charge is -2.08. The number of anilines is 1. The number of nitrogen functional groups attached to an aromatic ring is 1. The van der Waals surface area contributed by atoms with Crippen LogP contribution in [0, 0.1) is 6.92 Å². The Hall–Kier alpha value is -2.06. The molecular formula is C11H13N5O2S. The predicted molar refractivity (Wildman–Crippen MR) is 69.4 cm³/mol. The van der Waals surface area contributed by atoms with Gasteiger partial charge in [0.2, 0.25) is 10.0 Å². The van der Waals surface area contributed by atoms with Gasteiger partial charge in [-0.2, -0.15) is 0 Å². The molecule has 7 nitrogen and oxygen atoms in total. The molecular weight excluding hydrogens is 266 g/mol. The van der Waals surface area contributed by atoms with Gasteiger partial charge in [-0.25, -0.2) is 28.1 Å². The Morgan fingerprint density at radius 2 is 2.05 bits per heavy atom. The van der Waals surface area contributed by atoms with Crippen LogP contribution in [0.4, 0.5) is 5.82 Å². The molecule has 2 rings (SSSR count). The van der Waals surface area contributed by atoms with E-state index in [2.05, 4.69) is 19.7 Å².